The Morgan fingerprint density at radius 3 is 2.17 bits per heavy atom. The summed E-state index contributed by atoms with van der Waals surface area (Å²) in [6.07, 6.45) is -0.342. The zero-order valence-corrected chi connectivity index (χ0v) is 30.2. The maximum absolute atomic E-state index is 15.1. The van der Waals surface area contributed by atoms with Crippen molar-refractivity contribution in [3.8, 4) is 5.75 Å². The van der Waals surface area contributed by atoms with Crippen LogP contribution in [0.1, 0.15) is 45.9 Å². The summed E-state index contributed by atoms with van der Waals surface area (Å²) in [5, 5.41) is 20.1. The molecule has 54 heavy (non-hydrogen) atoms. The number of nitrogens with zero attached hydrogens (tertiary/aromatic N) is 7. The summed E-state index contributed by atoms with van der Waals surface area (Å²) in [5.74, 6) is 0.497. The first-order valence-corrected chi connectivity index (χ1v) is 18.2. The van der Waals surface area contributed by atoms with E-state index in [1.54, 1.807) is 23.9 Å². The van der Waals surface area contributed by atoms with Gasteiger partial charge in [-0.15, -0.1) is 0 Å². The zero-order chi connectivity index (χ0) is 37.6. The van der Waals surface area contributed by atoms with Crippen molar-refractivity contribution in [2.45, 2.75) is 53.9 Å². The van der Waals surface area contributed by atoms with Gasteiger partial charge in [0.05, 0.1) is 19.7 Å². The minimum absolute atomic E-state index is 0.0266. The number of aliphatic imine (C=N–C) groups is 1. The predicted octanol–water partition coefficient (Wildman–Crippen LogP) is 9.04. The molecule has 5 aromatic carbocycles. The highest BCUT2D eigenvalue weighted by Crippen LogP contribution is 2.44. The van der Waals surface area contributed by atoms with Crippen LogP contribution in [-0.4, -0.2) is 35.7 Å². The molecule has 6 rings (SSSR count). The number of benzene rings is 5. The van der Waals surface area contributed by atoms with E-state index in [2.05, 4.69) is 25.4 Å². The summed E-state index contributed by atoms with van der Waals surface area (Å²) in [5.41, 5.74) is 21.2. The molecule has 2 atom stereocenters. The average molecular weight is 739 g/mol. The molecule has 13 heteroatoms. The molecule has 0 radical (unpaired) electrons. The Hall–Kier alpha value is -6.23. The van der Waals surface area contributed by atoms with Crippen molar-refractivity contribution in [2.24, 2.45) is 15.2 Å². The van der Waals surface area contributed by atoms with Gasteiger partial charge in [0, 0.05) is 51.2 Å². The fourth-order valence-corrected chi connectivity index (χ4v) is 7.24. The van der Waals surface area contributed by atoms with Crippen LogP contribution in [0.15, 0.2) is 152 Å². The largest absolute Gasteiger partial charge is 0.494 e. The van der Waals surface area contributed by atoms with Crippen molar-refractivity contribution in [3.63, 3.8) is 0 Å². The first-order valence-electron chi connectivity index (χ1n) is 17.4. The molecule has 5 aromatic rings. The maximum Gasteiger partial charge on any atom is 0.252 e. The van der Waals surface area contributed by atoms with Crippen LogP contribution in [-0.2, 0) is 35.6 Å². The number of nitrogens with one attached hydrogen (secondary N) is 1. The number of aliphatic hydroxyl groups is 1. The van der Waals surface area contributed by atoms with Crippen molar-refractivity contribution < 1.29 is 19.4 Å². The summed E-state index contributed by atoms with van der Waals surface area (Å²) in [4.78, 5) is 28.3. The van der Waals surface area contributed by atoms with Gasteiger partial charge in [-0.2, -0.15) is 0 Å². The Labute approximate surface area is 317 Å². The van der Waals surface area contributed by atoms with E-state index in [1.807, 2.05) is 115 Å². The molecule has 0 unspecified atom stereocenters. The summed E-state index contributed by atoms with van der Waals surface area (Å²) in [6, 6.07) is 40.1. The molecule has 1 aliphatic rings. The number of hydrogen-bond acceptors (Lipinski definition) is 8. The third-order valence-corrected chi connectivity index (χ3v) is 10.1. The fraction of sp³-hybridized carbons (Fsp3) is 0.220. The number of carbonyl (C=O) groups is 1. The van der Waals surface area contributed by atoms with Gasteiger partial charge in [0.15, 0.2) is 11.6 Å². The third-order valence-electron chi connectivity index (χ3n) is 8.94. The van der Waals surface area contributed by atoms with Crippen molar-refractivity contribution in [1.82, 2.24) is 5.32 Å². The third kappa shape index (κ3) is 9.03. The van der Waals surface area contributed by atoms with Crippen molar-refractivity contribution in [3.05, 3.63) is 182 Å². The summed E-state index contributed by atoms with van der Waals surface area (Å²) < 4.78 is 12.5. The lowest BCUT2D eigenvalue weighted by molar-refractivity contribution is -0.129. The van der Waals surface area contributed by atoms with E-state index in [0.717, 1.165) is 26.5 Å². The highest BCUT2D eigenvalue weighted by atomic mass is 32.2. The predicted molar refractivity (Wildman–Crippen MR) is 208 cm³/mol. The normalized spacial score (nSPS) is 15.9. The number of aliphatic hydroxyl groups excluding tert-OH is 1. The molecule has 1 amide bonds. The van der Waals surface area contributed by atoms with E-state index in [4.69, 9.17) is 25.1 Å². The average Bonchev–Trinajstić information content (AvgIpc) is 3.60. The lowest BCUT2D eigenvalue weighted by Gasteiger charge is -2.32. The summed E-state index contributed by atoms with van der Waals surface area (Å²) in [7, 11) is 0. The molecule has 0 fully saturated rings. The standard InChI is InChI=1S/C41H38N8O4S/c42-48-45-27-31-12-5-4-11-30(31)25-41(40(51)44-26-33-14-7-9-18-37(33)54-35-15-2-1-3-16-35)38(36-17-8-6-13-32(36)28-46-49-43)53-39(47-41)29-19-21-34(22-20-29)52-24-10-23-50/h1-9,11-22,38,50H,10,23-28H2,(H,44,51)/t38-,41-/m1/s1. The zero-order valence-electron chi connectivity index (χ0n) is 29.4. The second-order valence-electron chi connectivity index (χ2n) is 12.4. The van der Waals surface area contributed by atoms with Gasteiger partial charge >= 0.3 is 0 Å². The SMILES string of the molecule is [N-]=[N+]=NCc1ccccc1C[C@@]1(C(=O)NCc2ccccc2Sc2ccccc2)N=C(c2ccc(OCCCO)cc2)O[C@@H]1c1ccccc1CN=[N+]=[N-]. The Kier molecular flexibility index (Phi) is 12.9. The molecule has 1 heterocycles. The van der Waals surface area contributed by atoms with E-state index in [-0.39, 0.29) is 44.5 Å². The smallest absolute Gasteiger partial charge is 0.252 e. The quantitative estimate of drug-likeness (QED) is 0.0418. The Morgan fingerprint density at radius 2 is 1.44 bits per heavy atom. The molecule has 0 saturated heterocycles. The van der Waals surface area contributed by atoms with Gasteiger partial charge in [-0.3, -0.25) is 4.79 Å². The molecular formula is C41H38N8O4S. The van der Waals surface area contributed by atoms with Crippen LogP contribution in [0.2, 0.25) is 0 Å². The number of carbonyl (C=O) groups excluding carboxylic acids is 1. The summed E-state index contributed by atoms with van der Waals surface area (Å²) in [6.45, 7) is 0.731. The van der Waals surface area contributed by atoms with Gasteiger partial charge in [-0.25, -0.2) is 4.99 Å². The molecule has 0 spiro atoms. The highest BCUT2D eigenvalue weighted by molar-refractivity contribution is 7.99. The van der Waals surface area contributed by atoms with Gasteiger partial charge in [0.1, 0.15) is 5.75 Å². The van der Waals surface area contributed by atoms with Gasteiger partial charge < -0.3 is 19.9 Å². The molecule has 12 nitrogen and oxygen atoms in total. The molecule has 0 aromatic heterocycles. The molecule has 0 aliphatic carbocycles. The number of amides is 1. The number of hydrogen-bond donors (Lipinski definition) is 2. The first-order chi connectivity index (χ1) is 26.5. The molecule has 2 N–H and O–H groups in total. The maximum atomic E-state index is 15.1. The van der Waals surface area contributed by atoms with Crippen molar-refractivity contribution >= 4 is 23.6 Å². The van der Waals surface area contributed by atoms with Crippen molar-refractivity contribution in [1.29, 1.82) is 0 Å². The lowest BCUT2D eigenvalue weighted by atomic mass is 9.79. The number of ether oxygens (including phenoxy) is 2. The summed E-state index contributed by atoms with van der Waals surface area (Å²) >= 11 is 1.62. The Morgan fingerprint density at radius 1 is 0.815 bits per heavy atom. The van der Waals surface area contributed by atoms with Gasteiger partial charge in [-0.05, 0) is 81.3 Å². The van der Waals surface area contributed by atoms with E-state index >= 15 is 4.79 Å². The molecule has 0 saturated carbocycles. The van der Waals surface area contributed by atoms with Crippen LogP contribution in [0.5, 0.6) is 5.75 Å². The highest BCUT2D eigenvalue weighted by Gasteiger charge is 2.54. The first kappa shape index (κ1) is 37.5. The second kappa shape index (κ2) is 18.5. The molecule has 272 valence electrons. The number of rotatable bonds is 17. The van der Waals surface area contributed by atoms with Gasteiger partial charge in [0.2, 0.25) is 5.90 Å². The molecular weight excluding hydrogens is 701 g/mol. The lowest BCUT2D eigenvalue weighted by Crippen LogP contribution is -2.50. The van der Waals surface area contributed by atoms with Crippen LogP contribution in [0, 0.1) is 0 Å². The van der Waals surface area contributed by atoms with Crippen LogP contribution >= 0.6 is 11.8 Å². The monoisotopic (exact) mass is 738 g/mol. The minimum Gasteiger partial charge on any atom is -0.494 e. The Balaban J connectivity index is 1.45. The minimum atomic E-state index is -1.56. The van der Waals surface area contributed by atoms with E-state index in [0.29, 0.717) is 35.5 Å². The second-order valence-corrected chi connectivity index (χ2v) is 13.5. The van der Waals surface area contributed by atoms with Gasteiger partial charge in [0.25, 0.3) is 5.91 Å². The topological polar surface area (TPSA) is 178 Å². The van der Waals surface area contributed by atoms with E-state index in [9.17, 15) is 5.53 Å². The van der Waals surface area contributed by atoms with Crippen molar-refractivity contribution in [2.75, 3.05) is 13.2 Å². The van der Waals surface area contributed by atoms with Crippen LogP contribution in [0.4, 0.5) is 0 Å². The van der Waals surface area contributed by atoms with Crippen LogP contribution in [0.25, 0.3) is 20.9 Å². The fourth-order valence-electron chi connectivity index (χ4n) is 6.28. The molecule has 0 bridgehead atoms. The van der Waals surface area contributed by atoms with Gasteiger partial charge in [-0.1, -0.05) is 107 Å². The Bertz CT molecular complexity index is 2190. The van der Waals surface area contributed by atoms with E-state index in [1.165, 1.54) is 0 Å². The molecule has 1 aliphatic heterocycles. The number of azide groups is 2. The van der Waals surface area contributed by atoms with Crippen LogP contribution in [0.3, 0.4) is 0 Å². The van der Waals surface area contributed by atoms with Crippen LogP contribution < -0.4 is 10.1 Å². The van der Waals surface area contributed by atoms with E-state index < -0.39 is 11.6 Å².